The quantitative estimate of drug-likeness (QED) is 0.356. The molecule has 200 valence electrons. The topological polar surface area (TPSA) is 93.7 Å². The van der Waals surface area contributed by atoms with Crippen molar-refractivity contribution >= 4 is 18.0 Å². The summed E-state index contributed by atoms with van der Waals surface area (Å²) in [6.45, 7) is 9.83. The van der Waals surface area contributed by atoms with Gasteiger partial charge in [-0.25, -0.2) is 9.59 Å². The zero-order valence-electron chi connectivity index (χ0n) is 22.4. The molecule has 2 amide bonds. The summed E-state index contributed by atoms with van der Waals surface area (Å²) >= 11 is 0. The minimum Gasteiger partial charge on any atom is -0.449 e. The first-order valence-corrected chi connectivity index (χ1v) is 13.8. The lowest BCUT2D eigenvalue weighted by atomic mass is 9.68. The molecule has 0 aromatic rings. The second-order valence-electron chi connectivity index (χ2n) is 12.7. The van der Waals surface area contributed by atoms with Gasteiger partial charge in [0.05, 0.1) is 13.2 Å². The van der Waals surface area contributed by atoms with Crippen molar-refractivity contribution in [1.82, 2.24) is 10.6 Å². The van der Waals surface area contributed by atoms with Gasteiger partial charge in [0.15, 0.2) is 0 Å². The lowest BCUT2D eigenvalue weighted by molar-refractivity contribution is -0.126. The molecule has 0 aliphatic heterocycles. The molecule has 6 atom stereocenters. The van der Waals surface area contributed by atoms with Crippen molar-refractivity contribution in [2.45, 2.75) is 66.2 Å². The van der Waals surface area contributed by atoms with Gasteiger partial charge in [-0.15, -0.1) is 0 Å². The van der Waals surface area contributed by atoms with E-state index in [1.807, 2.05) is 27.7 Å². The smallest absolute Gasteiger partial charge is 0.407 e. The second-order valence-corrected chi connectivity index (χ2v) is 12.7. The molecule has 0 radical (unpaired) electrons. The third-order valence-corrected chi connectivity index (χ3v) is 8.64. The summed E-state index contributed by atoms with van der Waals surface area (Å²) in [7, 11) is 0. The maximum absolute atomic E-state index is 13.7. The first kappa shape index (κ1) is 26.7. The van der Waals surface area contributed by atoms with Crippen molar-refractivity contribution < 1.29 is 23.9 Å². The fourth-order valence-electron chi connectivity index (χ4n) is 6.89. The van der Waals surface area contributed by atoms with Gasteiger partial charge in [0, 0.05) is 36.8 Å². The highest BCUT2D eigenvalue weighted by molar-refractivity contribution is 5.80. The van der Waals surface area contributed by atoms with Crippen LogP contribution < -0.4 is 10.6 Å². The molecule has 36 heavy (non-hydrogen) atoms. The average Bonchev–Trinajstić information content (AvgIpc) is 3.60. The Balaban J connectivity index is 1.39. The van der Waals surface area contributed by atoms with E-state index in [9.17, 15) is 14.4 Å². The van der Waals surface area contributed by atoms with Crippen LogP contribution in [0, 0.1) is 46.3 Å². The Labute approximate surface area is 215 Å². The number of fused-ring (bicyclic) bond motifs is 4. The van der Waals surface area contributed by atoms with Crippen LogP contribution in [0.1, 0.15) is 66.2 Å². The molecule has 0 aromatic heterocycles. The third-order valence-electron chi connectivity index (χ3n) is 8.64. The van der Waals surface area contributed by atoms with E-state index < -0.39 is 12.2 Å². The summed E-state index contributed by atoms with van der Waals surface area (Å²) < 4.78 is 11.4. The highest BCUT2D eigenvalue weighted by Gasteiger charge is 2.53. The van der Waals surface area contributed by atoms with Gasteiger partial charge < -0.3 is 20.1 Å². The maximum Gasteiger partial charge on any atom is 0.407 e. The third kappa shape index (κ3) is 6.15. The zero-order valence-corrected chi connectivity index (χ0v) is 22.4. The number of ether oxygens (including phenoxy) is 2. The number of ketones is 1. The molecule has 4 rings (SSSR count). The molecule has 0 heterocycles. The van der Waals surface area contributed by atoms with Crippen molar-refractivity contribution in [1.29, 1.82) is 0 Å². The van der Waals surface area contributed by atoms with E-state index in [4.69, 9.17) is 9.47 Å². The SMILES string of the molecule is CC(C)CNC(=O)OCC1(CC(=O)CC2(COC(=O)NCC(C)C)CC3C=CC2C3)CC2C=CC1C2. The highest BCUT2D eigenvalue weighted by Crippen LogP contribution is 2.57. The molecule has 0 saturated heterocycles. The fourth-order valence-corrected chi connectivity index (χ4v) is 6.89. The summed E-state index contributed by atoms with van der Waals surface area (Å²) in [5.74, 6) is 2.32. The number of carbonyl (C=O) groups is 3. The van der Waals surface area contributed by atoms with E-state index in [1.54, 1.807) is 0 Å². The molecule has 0 aromatic carbocycles. The molecule has 0 spiro atoms. The lowest BCUT2D eigenvalue weighted by Gasteiger charge is -2.38. The van der Waals surface area contributed by atoms with E-state index in [-0.39, 0.29) is 41.7 Å². The molecule has 2 fully saturated rings. The number of Topliss-reactive ketones (excluding diaryl/α,β-unsaturated/α-hetero) is 1. The van der Waals surface area contributed by atoms with Gasteiger partial charge in [-0.3, -0.25) is 4.79 Å². The predicted octanol–water partition coefficient (Wildman–Crippen LogP) is 5.26. The summed E-state index contributed by atoms with van der Waals surface area (Å²) in [5.41, 5.74) is -0.675. The first-order valence-electron chi connectivity index (χ1n) is 13.8. The molecular weight excluding hydrogens is 456 g/mol. The van der Waals surface area contributed by atoms with Crippen LogP contribution >= 0.6 is 0 Å². The average molecular weight is 501 g/mol. The van der Waals surface area contributed by atoms with Gasteiger partial charge >= 0.3 is 12.2 Å². The zero-order chi connectivity index (χ0) is 25.9. The highest BCUT2D eigenvalue weighted by atomic mass is 16.6. The Morgan fingerprint density at radius 1 is 0.750 bits per heavy atom. The second kappa shape index (κ2) is 11.0. The molecule has 4 aliphatic rings. The minimum atomic E-state index is -0.405. The summed E-state index contributed by atoms with van der Waals surface area (Å²) in [6.07, 6.45) is 12.7. The van der Waals surface area contributed by atoms with Crippen LogP contribution in [0.5, 0.6) is 0 Å². The maximum atomic E-state index is 13.7. The van der Waals surface area contributed by atoms with Crippen LogP contribution in [0.2, 0.25) is 0 Å². The normalized spacial score (nSPS) is 33.5. The minimum absolute atomic E-state index is 0.189. The van der Waals surface area contributed by atoms with E-state index in [0.29, 0.717) is 49.6 Å². The number of allylic oxidation sites excluding steroid dienone is 4. The fraction of sp³-hybridized carbons (Fsp3) is 0.759. The number of hydrogen-bond acceptors (Lipinski definition) is 5. The van der Waals surface area contributed by atoms with Crippen LogP contribution in [-0.4, -0.2) is 44.3 Å². The Bertz CT molecular complexity index is 826. The monoisotopic (exact) mass is 500 g/mol. The number of alkyl carbamates (subject to hydrolysis) is 2. The Hall–Kier alpha value is -2.31. The molecule has 2 saturated carbocycles. The van der Waals surface area contributed by atoms with Crippen molar-refractivity contribution in [3.63, 3.8) is 0 Å². The largest absolute Gasteiger partial charge is 0.449 e. The Morgan fingerprint density at radius 2 is 1.17 bits per heavy atom. The standard InChI is InChI=1S/C29H44N2O5/c1-19(2)15-30-26(33)35-17-28(11-21-5-7-23(28)9-21)13-25(32)14-29(12-22-6-8-24(29)10-22)18-36-27(34)31-16-20(3)4/h5-8,19-24H,9-18H2,1-4H3,(H,30,33)(H,31,34). The molecule has 2 N–H and O–H groups in total. The number of carbonyl (C=O) groups excluding carboxylic acids is 3. The van der Waals surface area contributed by atoms with Gasteiger partial charge in [0.2, 0.25) is 0 Å². The summed E-state index contributed by atoms with van der Waals surface area (Å²) in [6, 6.07) is 0. The summed E-state index contributed by atoms with van der Waals surface area (Å²) in [4.78, 5) is 38.3. The van der Waals surface area contributed by atoms with Crippen LogP contribution in [0.3, 0.4) is 0 Å². The van der Waals surface area contributed by atoms with Gasteiger partial charge in [0.1, 0.15) is 5.78 Å². The van der Waals surface area contributed by atoms with Crippen molar-refractivity contribution in [2.75, 3.05) is 26.3 Å². The van der Waals surface area contributed by atoms with Crippen molar-refractivity contribution in [2.24, 2.45) is 46.3 Å². The number of hydrogen-bond donors (Lipinski definition) is 2. The molecular formula is C29H44N2O5. The van der Waals surface area contributed by atoms with E-state index >= 15 is 0 Å². The van der Waals surface area contributed by atoms with Gasteiger partial charge in [0.25, 0.3) is 0 Å². The Morgan fingerprint density at radius 3 is 1.47 bits per heavy atom. The molecule has 7 nitrogen and oxygen atoms in total. The number of rotatable bonds is 12. The van der Waals surface area contributed by atoms with Gasteiger partial charge in [-0.05, 0) is 61.2 Å². The predicted molar refractivity (Wildman–Crippen MR) is 138 cm³/mol. The van der Waals surface area contributed by atoms with Gasteiger partial charge in [-0.1, -0.05) is 52.0 Å². The van der Waals surface area contributed by atoms with Crippen molar-refractivity contribution in [3.8, 4) is 0 Å². The number of nitrogens with one attached hydrogen (secondary N) is 2. The van der Waals surface area contributed by atoms with E-state index in [2.05, 4.69) is 34.9 Å². The van der Waals surface area contributed by atoms with Crippen LogP contribution in [0.4, 0.5) is 9.59 Å². The lowest BCUT2D eigenvalue weighted by Crippen LogP contribution is -2.41. The van der Waals surface area contributed by atoms with Crippen LogP contribution in [0.15, 0.2) is 24.3 Å². The Kier molecular flexibility index (Phi) is 8.15. The van der Waals surface area contributed by atoms with Crippen molar-refractivity contribution in [3.05, 3.63) is 24.3 Å². The van der Waals surface area contributed by atoms with Crippen LogP contribution in [0.25, 0.3) is 0 Å². The molecule has 6 unspecified atom stereocenters. The molecule has 4 bridgehead atoms. The molecule has 4 aliphatic carbocycles. The first-order chi connectivity index (χ1) is 17.1. The summed E-state index contributed by atoms with van der Waals surface area (Å²) in [5, 5.41) is 5.64. The van der Waals surface area contributed by atoms with E-state index in [1.165, 1.54) is 0 Å². The van der Waals surface area contributed by atoms with Crippen LogP contribution in [-0.2, 0) is 14.3 Å². The molecule has 7 heteroatoms. The number of amides is 2. The van der Waals surface area contributed by atoms with Gasteiger partial charge in [-0.2, -0.15) is 0 Å². The van der Waals surface area contributed by atoms with E-state index in [0.717, 1.165) is 25.7 Å².